The van der Waals surface area contributed by atoms with Gasteiger partial charge in [-0.3, -0.25) is 14.6 Å². The molecule has 0 radical (unpaired) electrons. The van der Waals surface area contributed by atoms with Gasteiger partial charge in [0.25, 0.3) is 5.69 Å². The van der Waals surface area contributed by atoms with E-state index in [4.69, 9.17) is 20.9 Å². The van der Waals surface area contributed by atoms with E-state index in [9.17, 15) is 10.1 Å². The van der Waals surface area contributed by atoms with Gasteiger partial charge in [0.1, 0.15) is 6.61 Å². The first-order valence-corrected chi connectivity index (χ1v) is 6.35. The molecule has 1 aromatic rings. The summed E-state index contributed by atoms with van der Waals surface area (Å²) in [6.07, 6.45) is 0. The third-order valence-corrected chi connectivity index (χ3v) is 2.83. The van der Waals surface area contributed by atoms with E-state index >= 15 is 0 Å². The van der Waals surface area contributed by atoms with Gasteiger partial charge in [-0.2, -0.15) is 0 Å². The van der Waals surface area contributed by atoms with Crippen molar-refractivity contribution in [1.82, 2.24) is 0 Å². The Morgan fingerprint density at radius 1 is 1.47 bits per heavy atom. The molecule has 1 atom stereocenters. The van der Waals surface area contributed by atoms with Gasteiger partial charge in [-0.15, -0.1) is 4.52 Å². The molecular formula is C8H9NO4PS+. The molecule has 0 saturated heterocycles. The molecule has 80 valence electrons. The van der Waals surface area contributed by atoms with Crippen LogP contribution in [-0.2, 0) is 16.3 Å². The molecule has 0 aromatic heterocycles. The van der Waals surface area contributed by atoms with Crippen molar-refractivity contribution in [3.05, 3.63) is 34.4 Å². The van der Waals surface area contributed by atoms with Gasteiger partial charge in [0.2, 0.25) is 11.8 Å². The summed E-state index contributed by atoms with van der Waals surface area (Å²) in [5, 5.41) is 10.4. The van der Waals surface area contributed by atoms with Crippen LogP contribution in [0.1, 0.15) is 6.92 Å². The van der Waals surface area contributed by atoms with E-state index in [0.717, 1.165) is 0 Å². The van der Waals surface area contributed by atoms with Gasteiger partial charge in [-0.1, -0.05) is 0 Å². The monoisotopic (exact) mass is 246 g/mol. The number of non-ortho nitro benzene ring substituents is 1. The largest absolute Gasteiger partial charge is 0.573 e. The molecule has 0 aliphatic rings. The van der Waals surface area contributed by atoms with Crippen LogP contribution in [0.15, 0.2) is 24.3 Å². The predicted molar refractivity (Wildman–Crippen MR) is 59.6 cm³/mol. The minimum absolute atomic E-state index is 0.0208. The number of hydrogen-bond donors (Lipinski definition) is 0. The number of nitrogens with zero attached hydrogens (tertiary/aromatic N) is 1. The van der Waals surface area contributed by atoms with Crippen molar-refractivity contribution in [1.29, 1.82) is 0 Å². The van der Waals surface area contributed by atoms with Gasteiger partial charge < -0.3 is 0 Å². The highest BCUT2D eigenvalue weighted by Gasteiger charge is 2.15. The molecule has 1 unspecified atom stereocenters. The maximum Gasteiger partial charge on any atom is 0.573 e. The lowest BCUT2D eigenvalue weighted by molar-refractivity contribution is -0.384. The minimum Gasteiger partial charge on any atom is -0.258 e. The Balaban J connectivity index is 2.64. The summed E-state index contributed by atoms with van der Waals surface area (Å²) < 4.78 is 10.3. The van der Waals surface area contributed by atoms with Crippen LogP contribution in [0.25, 0.3) is 0 Å². The predicted octanol–water partition coefficient (Wildman–Crippen LogP) is 2.78. The van der Waals surface area contributed by atoms with E-state index < -0.39 is 12.1 Å². The summed E-state index contributed by atoms with van der Waals surface area (Å²) in [5.41, 5.74) is 0.0208. The summed E-state index contributed by atoms with van der Waals surface area (Å²) in [4.78, 5) is 9.89. The average Bonchev–Trinajstić information content (AvgIpc) is 2.18. The van der Waals surface area contributed by atoms with E-state index in [-0.39, 0.29) is 5.69 Å². The van der Waals surface area contributed by atoms with Gasteiger partial charge in [-0.25, -0.2) is 0 Å². The second-order valence-corrected chi connectivity index (χ2v) is 4.27. The lowest BCUT2D eigenvalue weighted by Crippen LogP contribution is -1.88. The third kappa shape index (κ3) is 3.87. The number of benzene rings is 1. The highest BCUT2D eigenvalue weighted by atomic mass is 32.4. The van der Waals surface area contributed by atoms with Crippen LogP contribution < -0.4 is 4.52 Å². The van der Waals surface area contributed by atoms with Crippen molar-refractivity contribution in [3.63, 3.8) is 0 Å². The van der Waals surface area contributed by atoms with Crippen molar-refractivity contribution in [2.75, 3.05) is 6.61 Å². The average molecular weight is 246 g/mol. The molecule has 0 amide bonds. The van der Waals surface area contributed by atoms with Crippen molar-refractivity contribution in [3.8, 4) is 5.75 Å². The number of rotatable bonds is 5. The van der Waals surface area contributed by atoms with E-state index in [1.807, 2.05) is 6.92 Å². The second kappa shape index (κ2) is 5.70. The first-order valence-electron chi connectivity index (χ1n) is 4.16. The first-order chi connectivity index (χ1) is 7.13. The normalized spacial score (nSPS) is 10.9. The third-order valence-electron chi connectivity index (χ3n) is 1.46. The molecule has 0 bridgehead atoms. The molecule has 7 heteroatoms. The maximum absolute atomic E-state index is 10.4. The highest BCUT2D eigenvalue weighted by Crippen LogP contribution is 2.29. The van der Waals surface area contributed by atoms with Crippen molar-refractivity contribution in [2.24, 2.45) is 0 Å². The second-order valence-electron chi connectivity index (χ2n) is 2.48. The van der Waals surface area contributed by atoms with Crippen LogP contribution >= 0.6 is 7.15 Å². The Bertz CT molecular complexity index is 367. The Kier molecular flexibility index (Phi) is 4.55. The van der Waals surface area contributed by atoms with Gasteiger partial charge in [-0.05, 0) is 19.1 Å². The van der Waals surface area contributed by atoms with Gasteiger partial charge in [0, 0.05) is 12.1 Å². The zero-order valence-corrected chi connectivity index (χ0v) is 9.66. The Morgan fingerprint density at radius 2 is 2.07 bits per heavy atom. The van der Waals surface area contributed by atoms with E-state index in [1.54, 1.807) is 0 Å². The number of nitro benzene ring substituents is 1. The Hall–Kier alpha value is -1.10. The van der Waals surface area contributed by atoms with Crippen molar-refractivity contribution in [2.45, 2.75) is 6.92 Å². The maximum atomic E-state index is 10.4. The molecule has 0 heterocycles. The fraction of sp³-hybridized carbons (Fsp3) is 0.250. The Morgan fingerprint density at radius 3 is 2.53 bits per heavy atom. The van der Waals surface area contributed by atoms with Crippen molar-refractivity contribution >= 4 is 24.6 Å². The number of nitro groups is 1. The van der Waals surface area contributed by atoms with Crippen LogP contribution in [0.5, 0.6) is 5.75 Å². The summed E-state index contributed by atoms with van der Waals surface area (Å²) in [6, 6.07) is 5.72. The molecule has 0 aliphatic carbocycles. The van der Waals surface area contributed by atoms with Crippen LogP contribution in [0.2, 0.25) is 0 Å². The van der Waals surface area contributed by atoms with Crippen LogP contribution in [-0.4, -0.2) is 11.5 Å². The molecule has 0 aliphatic heterocycles. The molecule has 5 nitrogen and oxygen atoms in total. The smallest absolute Gasteiger partial charge is 0.258 e. The molecule has 0 spiro atoms. The molecule has 15 heavy (non-hydrogen) atoms. The van der Waals surface area contributed by atoms with Crippen molar-refractivity contribution < 1.29 is 14.0 Å². The molecule has 0 fully saturated rings. The van der Waals surface area contributed by atoms with Gasteiger partial charge in [0.05, 0.1) is 4.92 Å². The Labute approximate surface area is 92.7 Å². The summed E-state index contributed by atoms with van der Waals surface area (Å²) in [7, 11) is -1.37. The van der Waals surface area contributed by atoms with E-state index in [0.29, 0.717) is 12.4 Å². The molecule has 0 N–H and O–H groups in total. The fourth-order valence-corrected chi connectivity index (χ4v) is 1.98. The lowest BCUT2D eigenvalue weighted by atomic mass is 10.3. The van der Waals surface area contributed by atoms with E-state index in [2.05, 4.69) is 0 Å². The molecule has 1 aromatic carbocycles. The molecule has 0 saturated carbocycles. The molecular weight excluding hydrogens is 237 g/mol. The van der Waals surface area contributed by atoms with Gasteiger partial charge >= 0.3 is 7.15 Å². The van der Waals surface area contributed by atoms with Crippen LogP contribution in [0.4, 0.5) is 5.69 Å². The van der Waals surface area contributed by atoms with Crippen LogP contribution in [0.3, 0.4) is 0 Å². The quantitative estimate of drug-likeness (QED) is 0.454. The van der Waals surface area contributed by atoms with E-state index in [1.165, 1.54) is 24.3 Å². The highest BCUT2D eigenvalue weighted by molar-refractivity contribution is 8.00. The summed E-state index contributed by atoms with van der Waals surface area (Å²) in [6.45, 7) is 2.31. The SMILES string of the molecule is CCO[P+](=S)Oc1ccc([N+](=O)[O-])cc1. The first kappa shape index (κ1) is 12.0. The number of hydrogen-bond acceptors (Lipinski definition) is 5. The zero-order valence-electron chi connectivity index (χ0n) is 7.95. The fourth-order valence-electron chi connectivity index (χ4n) is 0.847. The lowest BCUT2D eigenvalue weighted by Gasteiger charge is -1.94. The summed E-state index contributed by atoms with van der Waals surface area (Å²) >= 11 is 4.89. The van der Waals surface area contributed by atoms with Gasteiger partial charge in [0.15, 0.2) is 5.75 Å². The van der Waals surface area contributed by atoms with Crippen LogP contribution in [0, 0.1) is 10.1 Å². The molecule has 1 rings (SSSR count). The topological polar surface area (TPSA) is 61.6 Å². The standard InChI is InChI=1S/C8H9NO4PS/c1-2-12-14(15)13-8-5-3-7(4-6-8)9(10)11/h3-6H,2H2,1H3/q+1. The summed E-state index contributed by atoms with van der Waals surface area (Å²) in [5.74, 6) is 0.482. The zero-order chi connectivity index (χ0) is 11.3. The minimum atomic E-state index is -1.37.